The first-order chi connectivity index (χ1) is 16.9. The highest BCUT2D eigenvalue weighted by Gasteiger charge is 2.44. The minimum atomic E-state index is -0.706. The van der Waals surface area contributed by atoms with Crippen molar-refractivity contribution >= 4 is 28.9 Å². The topological polar surface area (TPSA) is 83.8 Å². The monoisotopic (exact) mass is 471 g/mol. The fourth-order valence-corrected chi connectivity index (χ4v) is 4.91. The number of fused-ring (bicyclic) bond motifs is 1. The highest BCUT2D eigenvalue weighted by Crippen LogP contribution is 2.48. The molecule has 2 heterocycles. The number of para-hydroxylation sites is 2. The predicted octanol–water partition coefficient (Wildman–Crippen LogP) is 6.53. The van der Waals surface area contributed by atoms with E-state index in [1.807, 2.05) is 49.4 Å². The molecule has 0 bridgehead atoms. The molecule has 180 valence electrons. The van der Waals surface area contributed by atoms with Crippen molar-refractivity contribution in [2.45, 2.75) is 39.7 Å². The maximum Gasteiger partial charge on any atom is 0.327 e. The summed E-state index contributed by atoms with van der Waals surface area (Å²) in [6.45, 7) is 6.67. The number of ether oxygens (including phenoxy) is 1. The lowest BCUT2D eigenvalue weighted by atomic mass is 9.74. The third kappa shape index (κ3) is 4.41. The van der Waals surface area contributed by atoms with E-state index in [0.29, 0.717) is 42.2 Å². The molecule has 2 N–H and O–H groups in total. The van der Waals surface area contributed by atoms with Crippen LogP contribution in [-0.2, 0) is 4.79 Å². The number of benzene rings is 2. The van der Waals surface area contributed by atoms with Crippen LogP contribution in [-0.4, -0.2) is 18.4 Å². The van der Waals surface area contributed by atoms with Gasteiger partial charge in [-0.15, -0.1) is 0 Å². The van der Waals surface area contributed by atoms with E-state index in [1.54, 1.807) is 29.4 Å². The van der Waals surface area contributed by atoms with E-state index in [2.05, 4.69) is 24.5 Å². The summed E-state index contributed by atoms with van der Waals surface area (Å²) in [5, 5.41) is 6.48. The average Bonchev–Trinajstić information content (AvgIpc) is 3.29. The first kappa shape index (κ1) is 22.8. The van der Waals surface area contributed by atoms with E-state index in [1.165, 1.54) is 0 Å². The molecule has 7 nitrogen and oxygen atoms in total. The summed E-state index contributed by atoms with van der Waals surface area (Å²) in [7, 11) is 0. The number of nitrogens with one attached hydrogen (secondary N) is 2. The second kappa shape index (κ2) is 8.98. The Morgan fingerprint density at radius 2 is 1.89 bits per heavy atom. The molecule has 7 heteroatoms. The Morgan fingerprint density at radius 3 is 2.60 bits per heavy atom. The van der Waals surface area contributed by atoms with Crippen LogP contribution in [0.15, 0.2) is 82.6 Å². The number of amides is 2. The lowest BCUT2D eigenvalue weighted by Crippen LogP contribution is -2.41. The SMILES string of the molecule is CCOc1ccc(NC(=O)N2c3ccccc3NC3=C(C(=O)CC(C)(C)C3)C2c2ccco2)cc1. The van der Waals surface area contributed by atoms with E-state index >= 15 is 0 Å². The van der Waals surface area contributed by atoms with Crippen LogP contribution in [0.4, 0.5) is 21.9 Å². The zero-order valence-electron chi connectivity index (χ0n) is 20.1. The molecule has 0 saturated heterocycles. The zero-order chi connectivity index (χ0) is 24.6. The van der Waals surface area contributed by atoms with Gasteiger partial charge in [0.15, 0.2) is 5.78 Å². The van der Waals surface area contributed by atoms with Crippen LogP contribution in [0, 0.1) is 5.41 Å². The molecule has 1 unspecified atom stereocenters. The van der Waals surface area contributed by atoms with Gasteiger partial charge < -0.3 is 19.8 Å². The second-order valence-corrected chi connectivity index (χ2v) is 9.65. The van der Waals surface area contributed by atoms with Crippen LogP contribution in [0.1, 0.15) is 45.4 Å². The first-order valence-corrected chi connectivity index (χ1v) is 11.8. The standard InChI is InChI=1S/C28H29N3O4/c1-4-34-19-13-11-18(12-14-19)29-27(33)31-22-9-6-5-8-20(22)30-21-16-28(2,3)17-23(32)25(21)26(31)24-10-7-15-35-24/h5-15,26,30H,4,16-17H2,1-3H3,(H,29,33). The number of allylic oxidation sites excluding steroid dienone is 1. The number of carbonyl (C=O) groups is 2. The quantitative estimate of drug-likeness (QED) is 0.452. The molecular formula is C28H29N3O4. The summed E-state index contributed by atoms with van der Waals surface area (Å²) in [5.74, 6) is 1.27. The van der Waals surface area contributed by atoms with Crippen LogP contribution < -0.4 is 20.3 Å². The molecule has 35 heavy (non-hydrogen) atoms. The summed E-state index contributed by atoms with van der Waals surface area (Å²) in [6, 6.07) is 17.3. The van der Waals surface area contributed by atoms with E-state index in [0.717, 1.165) is 17.1 Å². The molecule has 3 aromatic rings. The fourth-order valence-electron chi connectivity index (χ4n) is 4.91. The van der Waals surface area contributed by atoms with Crippen LogP contribution in [0.2, 0.25) is 0 Å². The lowest BCUT2D eigenvalue weighted by molar-refractivity contribution is -0.118. The van der Waals surface area contributed by atoms with Crippen molar-refractivity contribution in [1.82, 2.24) is 0 Å². The first-order valence-electron chi connectivity index (χ1n) is 11.8. The van der Waals surface area contributed by atoms with Gasteiger partial charge in [-0.1, -0.05) is 26.0 Å². The maximum atomic E-state index is 13.9. The molecule has 1 atom stereocenters. The highest BCUT2D eigenvalue weighted by atomic mass is 16.5. The summed E-state index contributed by atoms with van der Waals surface area (Å²) in [5.41, 5.74) is 3.26. The number of urea groups is 1. The lowest BCUT2D eigenvalue weighted by Gasteiger charge is -2.36. The van der Waals surface area contributed by atoms with E-state index in [4.69, 9.17) is 9.15 Å². The van der Waals surface area contributed by atoms with Crippen LogP contribution >= 0.6 is 0 Å². The van der Waals surface area contributed by atoms with Gasteiger partial charge in [-0.3, -0.25) is 9.69 Å². The Labute approximate surface area is 204 Å². The molecule has 2 amide bonds. The van der Waals surface area contributed by atoms with Gasteiger partial charge in [-0.25, -0.2) is 4.79 Å². The average molecular weight is 472 g/mol. The summed E-state index contributed by atoms with van der Waals surface area (Å²) < 4.78 is 11.3. The number of rotatable bonds is 4. The van der Waals surface area contributed by atoms with Crippen molar-refractivity contribution in [3.8, 4) is 5.75 Å². The molecule has 2 aromatic carbocycles. The van der Waals surface area contributed by atoms with Gasteiger partial charge in [0, 0.05) is 23.4 Å². The largest absolute Gasteiger partial charge is 0.494 e. The summed E-state index contributed by atoms with van der Waals surface area (Å²) >= 11 is 0. The second-order valence-electron chi connectivity index (χ2n) is 9.65. The highest BCUT2D eigenvalue weighted by molar-refractivity contribution is 6.09. The fraction of sp³-hybridized carbons (Fsp3) is 0.286. The van der Waals surface area contributed by atoms with E-state index < -0.39 is 6.04 Å². The maximum absolute atomic E-state index is 13.9. The van der Waals surface area contributed by atoms with Crippen molar-refractivity contribution in [2.75, 3.05) is 22.1 Å². The summed E-state index contributed by atoms with van der Waals surface area (Å²) in [4.78, 5) is 29.1. The molecule has 0 saturated carbocycles. The summed E-state index contributed by atoms with van der Waals surface area (Å²) in [6.07, 6.45) is 2.66. The van der Waals surface area contributed by atoms with Gasteiger partial charge in [-0.2, -0.15) is 0 Å². The zero-order valence-corrected chi connectivity index (χ0v) is 20.1. The molecule has 1 aromatic heterocycles. The molecule has 0 spiro atoms. The van der Waals surface area contributed by atoms with E-state index in [-0.39, 0.29) is 17.2 Å². The minimum Gasteiger partial charge on any atom is -0.494 e. The van der Waals surface area contributed by atoms with Gasteiger partial charge in [0.2, 0.25) is 0 Å². The van der Waals surface area contributed by atoms with Gasteiger partial charge in [0.25, 0.3) is 0 Å². The Balaban J connectivity index is 1.62. The third-order valence-electron chi connectivity index (χ3n) is 6.35. The van der Waals surface area contributed by atoms with Crippen molar-refractivity contribution in [3.63, 3.8) is 0 Å². The normalized spacial score (nSPS) is 18.8. The number of anilines is 3. The minimum absolute atomic E-state index is 0.0109. The van der Waals surface area contributed by atoms with Gasteiger partial charge in [-0.05, 0) is 67.3 Å². The smallest absolute Gasteiger partial charge is 0.327 e. The van der Waals surface area contributed by atoms with Crippen molar-refractivity contribution in [3.05, 3.63) is 84.0 Å². The van der Waals surface area contributed by atoms with Gasteiger partial charge >= 0.3 is 6.03 Å². The third-order valence-corrected chi connectivity index (χ3v) is 6.35. The number of ketones is 1. The van der Waals surface area contributed by atoms with Crippen LogP contribution in [0.5, 0.6) is 5.75 Å². The number of carbonyl (C=O) groups excluding carboxylic acids is 2. The number of nitrogens with zero attached hydrogens (tertiary/aromatic N) is 1. The molecule has 5 rings (SSSR count). The van der Waals surface area contributed by atoms with Crippen LogP contribution in [0.3, 0.4) is 0 Å². The molecule has 0 fully saturated rings. The Kier molecular flexibility index (Phi) is 5.84. The molecule has 1 aliphatic heterocycles. The number of hydrogen-bond acceptors (Lipinski definition) is 5. The van der Waals surface area contributed by atoms with Gasteiger partial charge in [0.05, 0.1) is 24.2 Å². The Bertz CT molecular complexity index is 1280. The Hall–Kier alpha value is -4.00. The number of Topliss-reactive ketones (excluding diaryl/α,β-unsaturated/α-hetero) is 1. The van der Waals surface area contributed by atoms with Crippen molar-refractivity contribution in [2.24, 2.45) is 5.41 Å². The molecular weight excluding hydrogens is 442 g/mol. The number of furan rings is 1. The van der Waals surface area contributed by atoms with Crippen molar-refractivity contribution < 1.29 is 18.7 Å². The van der Waals surface area contributed by atoms with Crippen molar-refractivity contribution in [1.29, 1.82) is 0 Å². The van der Waals surface area contributed by atoms with Gasteiger partial charge in [0.1, 0.15) is 17.6 Å². The molecule has 0 radical (unpaired) electrons. The Morgan fingerprint density at radius 1 is 1.11 bits per heavy atom. The van der Waals surface area contributed by atoms with Crippen LogP contribution in [0.25, 0.3) is 0 Å². The van der Waals surface area contributed by atoms with E-state index in [9.17, 15) is 9.59 Å². The molecule has 1 aliphatic carbocycles. The number of hydrogen-bond donors (Lipinski definition) is 2. The molecule has 2 aliphatic rings. The predicted molar refractivity (Wildman–Crippen MR) is 136 cm³/mol.